The number of piperidine rings is 1. The molecule has 0 radical (unpaired) electrons. The van der Waals surface area contributed by atoms with E-state index in [0.717, 1.165) is 36.1 Å². The monoisotopic (exact) mass is 433 g/mol. The normalized spacial score (nSPS) is 18.8. The summed E-state index contributed by atoms with van der Waals surface area (Å²) in [6, 6.07) is 3.95. The Bertz CT molecular complexity index is 973. The number of alkyl halides is 3. The number of carbonyl (C=O) groups excluding carboxylic acids is 1. The molecule has 0 saturated carbocycles. The molecule has 28 heavy (non-hydrogen) atoms. The van der Waals surface area contributed by atoms with Crippen LogP contribution in [0, 0.1) is 0 Å². The number of hydrogen-bond donors (Lipinski definition) is 1. The number of amides is 1. The fraction of sp³-hybridized carbons (Fsp3) is 0.412. The average Bonchev–Trinajstić information content (AvgIpc) is 3.09. The maximum absolute atomic E-state index is 12.9. The van der Waals surface area contributed by atoms with E-state index in [1.165, 1.54) is 16.4 Å². The number of thiazole rings is 1. The smallest absolute Gasteiger partial charge is 0.301 e. The minimum Gasteiger partial charge on any atom is -0.301 e. The van der Waals surface area contributed by atoms with Gasteiger partial charge in [-0.1, -0.05) is 18.6 Å². The van der Waals surface area contributed by atoms with Crippen molar-refractivity contribution in [2.75, 3.05) is 18.1 Å². The van der Waals surface area contributed by atoms with Crippen molar-refractivity contribution in [2.45, 2.75) is 31.5 Å². The Balaban J connectivity index is 1.77. The molecule has 1 aliphatic rings. The van der Waals surface area contributed by atoms with Gasteiger partial charge < -0.3 is 5.32 Å². The molecule has 0 bridgehead atoms. The third kappa shape index (κ3) is 4.70. The van der Waals surface area contributed by atoms with E-state index in [9.17, 15) is 26.4 Å². The molecular formula is C17H18F3N3O3S2. The summed E-state index contributed by atoms with van der Waals surface area (Å²) < 4.78 is 63.6. The van der Waals surface area contributed by atoms with Gasteiger partial charge in [-0.2, -0.15) is 17.5 Å². The first-order valence-electron chi connectivity index (χ1n) is 8.46. The fourth-order valence-electron chi connectivity index (χ4n) is 3.07. The largest absolute Gasteiger partial charge is 0.416 e. The molecule has 1 aromatic carbocycles. The molecule has 2 aromatic rings. The molecule has 2 heterocycles. The zero-order valence-electron chi connectivity index (χ0n) is 14.9. The molecule has 6 nitrogen and oxygen atoms in total. The number of nitrogens with zero attached hydrogens (tertiary/aromatic N) is 2. The van der Waals surface area contributed by atoms with E-state index in [-0.39, 0.29) is 17.2 Å². The topological polar surface area (TPSA) is 79.4 Å². The lowest BCUT2D eigenvalue weighted by Gasteiger charge is -2.32. The molecule has 1 aromatic heterocycles. The van der Waals surface area contributed by atoms with Gasteiger partial charge in [-0.05, 0) is 25.0 Å². The molecule has 152 valence electrons. The van der Waals surface area contributed by atoms with Crippen LogP contribution < -0.4 is 5.32 Å². The second-order valence-corrected chi connectivity index (χ2v) is 9.28. The van der Waals surface area contributed by atoms with Crippen LogP contribution in [0.15, 0.2) is 29.6 Å². The fourth-order valence-corrected chi connectivity index (χ4v) is 4.92. The second kappa shape index (κ2) is 7.80. The summed E-state index contributed by atoms with van der Waals surface area (Å²) in [5.74, 6) is -0.491. The number of carbonyl (C=O) groups is 1. The minimum absolute atomic E-state index is 0.205. The van der Waals surface area contributed by atoms with Crippen LogP contribution in [-0.4, -0.2) is 42.5 Å². The van der Waals surface area contributed by atoms with Crippen molar-refractivity contribution >= 4 is 32.4 Å². The van der Waals surface area contributed by atoms with Gasteiger partial charge in [0.2, 0.25) is 15.9 Å². The number of sulfonamides is 1. The predicted octanol–water partition coefficient (Wildman–Crippen LogP) is 3.58. The standard InChI is InChI=1S/C17H18F3N3O3S2/c1-28(25,26)23-8-3-2-7-14(23)15(24)22-16-21-13(10-27-16)11-5-4-6-12(9-11)17(18,19)20/h4-6,9-10,14H,2-3,7-8H2,1H3,(H,21,22,24). The molecule has 1 amide bonds. The molecule has 1 fully saturated rings. The van der Waals surface area contributed by atoms with Gasteiger partial charge >= 0.3 is 6.18 Å². The number of anilines is 1. The predicted molar refractivity (Wildman–Crippen MR) is 100 cm³/mol. The highest BCUT2D eigenvalue weighted by atomic mass is 32.2. The van der Waals surface area contributed by atoms with E-state index in [1.807, 2.05) is 0 Å². The summed E-state index contributed by atoms with van der Waals surface area (Å²) in [7, 11) is -3.52. The Morgan fingerprint density at radius 3 is 2.75 bits per heavy atom. The van der Waals surface area contributed by atoms with E-state index in [2.05, 4.69) is 10.3 Å². The van der Waals surface area contributed by atoms with Gasteiger partial charge in [-0.15, -0.1) is 11.3 Å². The van der Waals surface area contributed by atoms with Crippen molar-refractivity contribution in [3.63, 3.8) is 0 Å². The third-order valence-corrected chi connectivity index (χ3v) is 6.45. The van der Waals surface area contributed by atoms with Gasteiger partial charge in [0.1, 0.15) is 6.04 Å². The van der Waals surface area contributed by atoms with Gasteiger partial charge in [0.15, 0.2) is 5.13 Å². The summed E-state index contributed by atoms with van der Waals surface area (Å²) >= 11 is 1.07. The van der Waals surface area contributed by atoms with Crippen LogP contribution in [0.2, 0.25) is 0 Å². The van der Waals surface area contributed by atoms with E-state index in [1.54, 1.807) is 5.38 Å². The van der Waals surface area contributed by atoms with E-state index in [4.69, 9.17) is 0 Å². The lowest BCUT2D eigenvalue weighted by Crippen LogP contribution is -2.49. The van der Waals surface area contributed by atoms with Gasteiger partial charge in [0, 0.05) is 17.5 Å². The number of nitrogens with one attached hydrogen (secondary N) is 1. The summed E-state index contributed by atoms with van der Waals surface area (Å²) in [5.41, 5.74) is -0.202. The molecule has 1 unspecified atom stereocenters. The SMILES string of the molecule is CS(=O)(=O)N1CCCCC1C(=O)Nc1nc(-c2cccc(C(F)(F)F)c2)cs1. The Morgan fingerprint density at radius 2 is 2.07 bits per heavy atom. The van der Waals surface area contributed by atoms with Gasteiger partial charge in [0.05, 0.1) is 17.5 Å². The first-order valence-corrected chi connectivity index (χ1v) is 11.2. The van der Waals surface area contributed by atoms with E-state index < -0.39 is 33.7 Å². The van der Waals surface area contributed by atoms with Crippen LogP contribution in [0.1, 0.15) is 24.8 Å². The van der Waals surface area contributed by atoms with Crippen LogP contribution >= 0.6 is 11.3 Å². The van der Waals surface area contributed by atoms with Crippen LogP contribution in [-0.2, 0) is 21.0 Å². The first-order chi connectivity index (χ1) is 13.1. The molecule has 1 aliphatic heterocycles. The number of halogens is 3. The molecule has 0 aliphatic carbocycles. The summed E-state index contributed by atoms with van der Waals surface area (Å²) in [5, 5.41) is 4.34. The highest BCUT2D eigenvalue weighted by Crippen LogP contribution is 2.33. The Hall–Kier alpha value is -1.98. The Morgan fingerprint density at radius 1 is 1.32 bits per heavy atom. The van der Waals surface area contributed by atoms with Gasteiger partial charge in [-0.25, -0.2) is 13.4 Å². The number of rotatable bonds is 4. The van der Waals surface area contributed by atoms with E-state index >= 15 is 0 Å². The highest BCUT2D eigenvalue weighted by Gasteiger charge is 2.35. The molecule has 1 N–H and O–H groups in total. The average molecular weight is 433 g/mol. The zero-order valence-corrected chi connectivity index (χ0v) is 16.5. The minimum atomic E-state index is -4.46. The Labute approximate surface area is 164 Å². The van der Waals surface area contributed by atoms with Crippen molar-refractivity contribution in [2.24, 2.45) is 0 Å². The zero-order chi connectivity index (χ0) is 20.5. The molecular weight excluding hydrogens is 415 g/mol. The first kappa shape index (κ1) is 20.7. The highest BCUT2D eigenvalue weighted by molar-refractivity contribution is 7.88. The molecule has 11 heteroatoms. The number of benzene rings is 1. The lowest BCUT2D eigenvalue weighted by molar-refractivity contribution is -0.137. The number of aromatic nitrogens is 1. The quantitative estimate of drug-likeness (QED) is 0.799. The van der Waals surface area contributed by atoms with Gasteiger partial charge in [0.25, 0.3) is 0 Å². The Kier molecular flexibility index (Phi) is 5.78. The van der Waals surface area contributed by atoms with Crippen LogP contribution in [0.3, 0.4) is 0 Å². The van der Waals surface area contributed by atoms with Crippen molar-refractivity contribution in [3.8, 4) is 11.3 Å². The number of hydrogen-bond acceptors (Lipinski definition) is 5. The van der Waals surface area contributed by atoms with Crippen molar-refractivity contribution in [1.29, 1.82) is 0 Å². The molecule has 0 spiro atoms. The third-order valence-electron chi connectivity index (χ3n) is 4.40. The molecule has 3 rings (SSSR count). The maximum Gasteiger partial charge on any atom is 0.416 e. The maximum atomic E-state index is 12.9. The molecule has 1 saturated heterocycles. The van der Waals surface area contributed by atoms with Crippen LogP contribution in [0.5, 0.6) is 0 Å². The summed E-state index contributed by atoms with van der Waals surface area (Å²) in [4.78, 5) is 16.7. The molecule has 1 atom stereocenters. The van der Waals surface area contributed by atoms with Crippen LogP contribution in [0.4, 0.5) is 18.3 Å². The second-order valence-electron chi connectivity index (χ2n) is 6.49. The van der Waals surface area contributed by atoms with Crippen LogP contribution in [0.25, 0.3) is 11.3 Å². The summed E-state index contributed by atoms with van der Waals surface area (Å²) in [6.07, 6.45) is -1.57. The van der Waals surface area contributed by atoms with E-state index in [0.29, 0.717) is 18.5 Å². The summed E-state index contributed by atoms with van der Waals surface area (Å²) in [6.45, 7) is 0.282. The lowest BCUT2D eigenvalue weighted by atomic mass is 10.0. The van der Waals surface area contributed by atoms with Crippen molar-refractivity contribution < 1.29 is 26.4 Å². The van der Waals surface area contributed by atoms with Crippen molar-refractivity contribution in [1.82, 2.24) is 9.29 Å². The van der Waals surface area contributed by atoms with Crippen molar-refractivity contribution in [3.05, 3.63) is 35.2 Å². The van der Waals surface area contributed by atoms with Gasteiger partial charge in [-0.3, -0.25) is 4.79 Å².